The number of sulfonamides is 1. The molecule has 0 bridgehead atoms. The summed E-state index contributed by atoms with van der Waals surface area (Å²) >= 11 is 0. The van der Waals surface area contributed by atoms with E-state index in [2.05, 4.69) is 5.32 Å². The van der Waals surface area contributed by atoms with Crippen LogP contribution in [0.3, 0.4) is 0 Å². The first-order valence-corrected chi connectivity index (χ1v) is 8.96. The second-order valence-electron chi connectivity index (χ2n) is 6.01. The number of hydrogen-bond acceptors (Lipinski definition) is 3. The van der Waals surface area contributed by atoms with Crippen molar-refractivity contribution >= 4 is 10.0 Å². The Balaban J connectivity index is 1.92. The van der Waals surface area contributed by atoms with Crippen LogP contribution in [-0.2, 0) is 16.6 Å². The van der Waals surface area contributed by atoms with Crippen LogP contribution in [0.15, 0.2) is 23.1 Å². The Labute approximate surface area is 125 Å². The second-order valence-corrected chi connectivity index (χ2v) is 7.87. The van der Waals surface area contributed by atoms with Crippen molar-refractivity contribution in [3.63, 3.8) is 0 Å². The van der Waals surface area contributed by atoms with E-state index < -0.39 is 15.8 Å². The third kappa shape index (κ3) is 3.12. The minimum absolute atomic E-state index is 0.0116. The molecule has 1 aliphatic carbocycles. The zero-order valence-electron chi connectivity index (χ0n) is 12.2. The molecule has 0 aromatic heterocycles. The predicted molar refractivity (Wildman–Crippen MR) is 78.8 cm³/mol. The number of halogens is 1. The summed E-state index contributed by atoms with van der Waals surface area (Å²) in [5.41, 5.74) is 0.655. The molecule has 116 valence electrons. The zero-order valence-corrected chi connectivity index (χ0v) is 13.0. The van der Waals surface area contributed by atoms with E-state index in [0.29, 0.717) is 24.7 Å². The molecule has 1 saturated carbocycles. The fraction of sp³-hybridized carbons (Fsp3) is 0.600. The predicted octanol–water partition coefficient (Wildman–Crippen LogP) is 2.25. The monoisotopic (exact) mass is 312 g/mol. The van der Waals surface area contributed by atoms with Gasteiger partial charge in [-0.15, -0.1) is 0 Å². The highest BCUT2D eigenvalue weighted by Crippen LogP contribution is 2.29. The molecule has 1 aromatic rings. The molecular formula is C15H21FN2O2S. The van der Waals surface area contributed by atoms with Gasteiger partial charge in [-0.25, -0.2) is 12.8 Å². The smallest absolute Gasteiger partial charge is 0.243 e. The maximum absolute atomic E-state index is 13.6. The van der Waals surface area contributed by atoms with E-state index in [9.17, 15) is 12.8 Å². The van der Waals surface area contributed by atoms with Gasteiger partial charge in [0.1, 0.15) is 5.82 Å². The molecule has 0 spiro atoms. The molecule has 0 radical (unpaired) electrons. The highest BCUT2D eigenvalue weighted by molar-refractivity contribution is 7.89. The first-order chi connectivity index (χ1) is 9.98. The van der Waals surface area contributed by atoms with Gasteiger partial charge in [-0.2, -0.15) is 4.31 Å². The molecule has 1 aliphatic heterocycles. The normalized spacial score (nSPS) is 23.6. The summed E-state index contributed by atoms with van der Waals surface area (Å²) in [7, 11) is -3.62. The Bertz CT molecular complexity index is 629. The van der Waals surface area contributed by atoms with Crippen LogP contribution in [0.4, 0.5) is 4.39 Å². The zero-order chi connectivity index (χ0) is 15.0. The molecule has 1 saturated heterocycles. The first kappa shape index (κ1) is 14.9. The number of hydrogen-bond donors (Lipinski definition) is 1. The summed E-state index contributed by atoms with van der Waals surface area (Å²) in [6.07, 6.45) is 3.99. The average Bonchev–Trinajstić information content (AvgIpc) is 3.17. The van der Waals surface area contributed by atoms with Gasteiger partial charge in [0, 0.05) is 25.2 Å². The molecule has 1 N–H and O–H groups in total. The van der Waals surface area contributed by atoms with E-state index in [1.807, 2.05) is 6.92 Å². The van der Waals surface area contributed by atoms with Crippen molar-refractivity contribution in [2.24, 2.45) is 0 Å². The van der Waals surface area contributed by atoms with Crippen LogP contribution < -0.4 is 5.32 Å². The van der Waals surface area contributed by atoms with Crippen LogP contribution in [0.2, 0.25) is 0 Å². The topological polar surface area (TPSA) is 49.4 Å². The van der Waals surface area contributed by atoms with E-state index in [-0.39, 0.29) is 10.9 Å². The summed E-state index contributed by atoms with van der Waals surface area (Å²) in [6.45, 7) is 2.91. The lowest BCUT2D eigenvalue weighted by molar-refractivity contribution is 0.407. The van der Waals surface area contributed by atoms with E-state index in [1.54, 1.807) is 6.07 Å². The van der Waals surface area contributed by atoms with Crippen molar-refractivity contribution in [3.05, 3.63) is 29.6 Å². The van der Waals surface area contributed by atoms with Gasteiger partial charge in [-0.1, -0.05) is 6.07 Å². The van der Waals surface area contributed by atoms with Gasteiger partial charge in [0.2, 0.25) is 10.0 Å². The second kappa shape index (κ2) is 5.66. The van der Waals surface area contributed by atoms with E-state index in [4.69, 9.17) is 0 Å². The lowest BCUT2D eigenvalue weighted by Gasteiger charge is -2.22. The largest absolute Gasteiger partial charge is 0.310 e. The van der Waals surface area contributed by atoms with E-state index in [1.165, 1.54) is 10.4 Å². The first-order valence-electron chi connectivity index (χ1n) is 7.52. The molecule has 4 nitrogen and oxygen atoms in total. The fourth-order valence-electron chi connectivity index (χ4n) is 2.85. The standard InChI is InChI=1S/C15H21FN2O2S/c1-11-3-2-8-18(11)21(19,20)15-9-13(16)5-4-12(15)10-17-14-6-7-14/h4-5,9,11,14,17H,2-3,6-8,10H2,1H3. The molecule has 2 aliphatic rings. The van der Waals surface area contributed by atoms with Gasteiger partial charge in [0.15, 0.2) is 0 Å². The van der Waals surface area contributed by atoms with Crippen molar-refractivity contribution in [2.75, 3.05) is 6.54 Å². The van der Waals surface area contributed by atoms with Gasteiger partial charge in [0.25, 0.3) is 0 Å². The molecule has 21 heavy (non-hydrogen) atoms. The third-order valence-corrected chi connectivity index (χ3v) is 6.36. The van der Waals surface area contributed by atoms with Crippen molar-refractivity contribution in [1.82, 2.24) is 9.62 Å². The minimum Gasteiger partial charge on any atom is -0.310 e. The average molecular weight is 312 g/mol. The van der Waals surface area contributed by atoms with Gasteiger partial charge in [-0.3, -0.25) is 0 Å². The molecule has 1 unspecified atom stereocenters. The molecule has 1 atom stereocenters. The summed E-state index contributed by atoms with van der Waals surface area (Å²) in [5.74, 6) is -0.504. The Morgan fingerprint density at radius 3 is 2.71 bits per heavy atom. The third-order valence-electron chi connectivity index (χ3n) is 4.27. The van der Waals surface area contributed by atoms with Crippen molar-refractivity contribution in [3.8, 4) is 0 Å². The van der Waals surface area contributed by atoms with Crippen LogP contribution in [0, 0.1) is 5.82 Å². The van der Waals surface area contributed by atoms with Crippen molar-refractivity contribution in [2.45, 2.75) is 56.1 Å². The quantitative estimate of drug-likeness (QED) is 0.907. The molecule has 0 amide bonds. The molecular weight excluding hydrogens is 291 g/mol. The highest BCUT2D eigenvalue weighted by Gasteiger charge is 2.34. The van der Waals surface area contributed by atoms with Crippen LogP contribution >= 0.6 is 0 Å². The lowest BCUT2D eigenvalue weighted by atomic mass is 10.2. The van der Waals surface area contributed by atoms with Crippen LogP contribution in [-0.4, -0.2) is 31.4 Å². The molecule has 1 heterocycles. The van der Waals surface area contributed by atoms with Gasteiger partial charge in [0.05, 0.1) is 4.90 Å². The van der Waals surface area contributed by atoms with Crippen molar-refractivity contribution in [1.29, 1.82) is 0 Å². The van der Waals surface area contributed by atoms with Gasteiger partial charge in [-0.05, 0) is 50.3 Å². The Hall–Kier alpha value is -0.980. The summed E-state index contributed by atoms with van der Waals surface area (Å²) < 4.78 is 40.7. The Morgan fingerprint density at radius 1 is 1.33 bits per heavy atom. The van der Waals surface area contributed by atoms with Crippen LogP contribution in [0.25, 0.3) is 0 Å². The number of nitrogens with zero attached hydrogens (tertiary/aromatic N) is 1. The van der Waals surface area contributed by atoms with Crippen LogP contribution in [0.1, 0.15) is 38.2 Å². The maximum atomic E-state index is 13.6. The molecule has 6 heteroatoms. The van der Waals surface area contributed by atoms with Gasteiger partial charge < -0.3 is 5.32 Å². The SMILES string of the molecule is CC1CCCN1S(=O)(=O)c1cc(F)ccc1CNC1CC1. The maximum Gasteiger partial charge on any atom is 0.243 e. The Kier molecular flexibility index (Phi) is 4.03. The fourth-order valence-corrected chi connectivity index (χ4v) is 4.78. The number of nitrogens with one attached hydrogen (secondary N) is 1. The Morgan fingerprint density at radius 2 is 2.10 bits per heavy atom. The molecule has 3 rings (SSSR count). The van der Waals surface area contributed by atoms with E-state index >= 15 is 0 Å². The van der Waals surface area contributed by atoms with Crippen LogP contribution in [0.5, 0.6) is 0 Å². The highest BCUT2D eigenvalue weighted by atomic mass is 32.2. The minimum atomic E-state index is -3.62. The van der Waals surface area contributed by atoms with Gasteiger partial charge >= 0.3 is 0 Å². The van der Waals surface area contributed by atoms with E-state index in [0.717, 1.165) is 31.7 Å². The summed E-state index contributed by atoms with van der Waals surface area (Å²) in [5, 5.41) is 3.30. The van der Waals surface area contributed by atoms with Crippen molar-refractivity contribution < 1.29 is 12.8 Å². The number of benzene rings is 1. The molecule has 1 aromatic carbocycles. The number of rotatable bonds is 5. The summed E-state index contributed by atoms with van der Waals surface area (Å²) in [4.78, 5) is 0.115. The lowest BCUT2D eigenvalue weighted by Crippen LogP contribution is -2.34. The summed E-state index contributed by atoms with van der Waals surface area (Å²) in [6, 6.07) is 4.54. The molecule has 2 fully saturated rings.